The van der Waals surface area contributed by atoms with Gasteiger partial charge in [0.1, 0.15) is 5.82 Å². The Morgan fingerprint density at radius 1 is 1.67 bits per heavy atom. The van der Waals surface area contributed by atoms with Crippen molar-refractivity contribution in [1.82, 2.24) is 4.98 Å². The molecule has 3 N–H and O–H groups in total. The summed E-state index contributed by atoms with van der Waals surface area (Å²) in [6.45, 7) is 2.03. The number of anilines is 1. The molecule has 0 amide bonds. The van der Waals surface area contributed by atoms with Gasteiger partial charge in [-0.15, -0.1) is 0 Å². The minimum absolute atomic E-state index is 0.0816. The molecule has 84 valence electrons. The Hall–Kier alpha value is -0.720. The monoisotopic (exact) mass is 245 g/mol. The summed E-state index contributed by atoms with van der Waals surface area (Å²) in [5.74, 6) is 6.62. The van der Waals surface area contributed by atoms with E-state index in [4.69, 9.17) is 5.84 Å². The van der Waals surface area contributed by atoms with Gasteiger partial charge in [-0.3, -0.25) is 4.79 Å². The predicted octanol–water partition coefficient (Wildman–Crippen LogP) is 2.55. The van der Waals surface area contributed by atoms with Gasteiger partial charge in [0, 0.05) is 11.9 Å². The van der Waals surface area contributed by atoms with Crippen molar-refractivity contribution < 1.29 is 4.79 Å². The number of nitrogens with two attached hydrogens (primary N) is 1. The summed E-state index contributed by atoms with van der Waals surface area (Å²) < 4.78 is -0.0816. The van der Waals surface area contributed by atoms with Crippen LogP contribution < -0.4 is 11.3 Å². The number of thiol groups is 1. The zero-order chi connectivity index (χ0) is 11.5. The van der Waals surface area contributed by atoms with Crippen LogP contribution in [0, 0.1) is 0 Å². The minimum Gasteiger partial charge on any atom is -0.308 e. The first-order valence-corrected chi connectivity index (χ1v) is 5.87. The average molecular weight is 245 g/mol. The van der Waals surface area contributed by atoms with Crippen LogP contribution in [0.5, 0.6) is 0 Å². The molecule has 0 saturated carbocycles. The topological polar surface area (TPSA) is 68.0 Å². The van der Waals surface area contributed by atoms with Crippen molar-refractivity contribution in [3.8, 4) is 0 Å². The molecule has 6 heteroatoms. The first-order valence-electron chi connectivity index (χ1n) is 4.44. The van der Waals surface area contributed by atoms with Crippen LogP contribution in [-0.4, -0.2) is 15.2 Å². The lowest BCUT2D eigenvalue weighted by atomic mass is 10.5. The molecular weight excluding hydrogens is 230 g/mol. The molecular formula is C9H15N3OS2. The number of aromatic nitrogens is 1. The van der Waals surface area contributed by atoms with E-state index in [2.05, 4.69) is 23.0 Å². The van der Waals surface area contributed by atoms with E-state index in [0.29, 0.717) is 5.82 Å². The van der Waals surface area contributed by atoms with E-state index in [1.807, 2.05) is 19.1 Å². The molecule has 0 aromatic carbocycles. The summed E-state index contributed by atoms with van der Waals surface area (Å²) in [6.07, 6.45) is 2.71. The van der Waals surface area contributed by atoms with Crippen LogP contribution in [0.3, 0.4) is 0 Å². The van der Waals surface area contributed by atoms with Crippen LogP contribution in [0.15, 0.2) is 24.4 Å². The van der Waals surface area contributed by atoms with Gasteiger partial charge >= 0.3 is 0 Å². The van der Waals surface area contributed by atoms with Gasteiger partial charge in [0.15, 0.2) is 0 Å². The van der Waals surface area contributed by atoms with Crippen molar-refractivity contribution in [3.63, 3.8) is 0 Å². The number of thioether (sulfide) groups is 1. The van der Waals surface area contributed by atoms with Gasteiger partial charge in [-0.1, -0.05) is 37.4 Å². The highest BCUT2D eigenvalue weighted by atomic mass is 32.2. The third-order valence-corrected chi connectivity index (χ3v) is 2.49. The lowest BCUT2D eigenvalue weighted by molar-refractivity contribution is 0.277. The molecule has 1 rings (SSSR count). The second-order valence-electron chi connectivity index (χ2n) is 2.47. The summed E-state index contributed by atoms with van der Waals surface area (Å²) >= 11 is 4.81. The molecule has 1 aromatic rings. The first-order chi connectivity index (χ1) is 7.20. The fourth-order valence-electron chi connectivity index (χ4n) is 0.638. The third kappa shape index (κ3) is 9.58. The number of hydrazine groups is 1. The Labute approximate surface area is 99.4 Å². The molecule has 0 atom stereocenters. The first kappa shape index (κ1) is 14.3. The Morgan fingerprint density at radius 2 is 2.40 bits per heavy atom. The molecule has 0 unspecified atom stereocenters. The summed E-state index contributed by atoms with van der Waals surface area (Å²) in [7, 11) is 0. The van der Waals surface area contributed by atoms with Crippen molar-refractivity contribution in [2.75, 3.05) is 11.2 Å². The summed E-state index contributed by atoms with van der Waals surface area (Å²) in [5, 5.41) is 0. The quantitative estimate of drug-likeness (QED) is 0.434. The van der Waals surface area contributed by atoms with Gasteiger partial charge in [0.2, 0.25) is 4.45 Å². The van der Waals surface area contributed by atoms with E-state index < -0.39 is 0 Å². The van der Waals surface area contributed by atoms with Crippen LogP contribution in [0.2, 0.25) is 0 Å². The van der Waals surface area contributed by atoms with Crippen molar-refractivity contribution >= 4 is 34.7 Å². The van der Waals surface area contributed by atoms with Crippen LogP contribution >= 0.6 is 24.4 Å². The maximum Gasteiger partial charge on any atom is 0.243 e. The SMILES string of the molecule is CCCSC(=O)S.NNc1ccccn1. The van der Waals surface area contributed by atoms with E-state index in [1.165, 1.54) is 11.8 Å². The number of nitrogens with zero attached hydrogens (tertiary/aromatic N) is 1. The smallest absolute Gasteiger partial charge is 0.243 e. The second kappa shape index (κ2) is 9.82. The Bertz CT molecular complexity index is 269. The largest absolute Gasteiger partial charge is 0.308 e. The van der Waals surface area contributed by atoms with Crippen LogP contribution in [0.1, 0.15) is 13.3 Å². The Kier molecular flexibility index (Phi) is 9.35. The zero-order valence-corrected chi connectivity index (χ0v) is 10.2. The molecule has 0 aliphatic rings. The van der Waals surface area contributed by atoms with E-state index in [9.17, 15) is 4.79 Å². The third-order valence-electron chi connectivity index (χ3n) is 1.24. The van der Waals surface area contributed by atoms with Crippen molar-refractivity contribution in [2.45, 2.75) is 13.3 Å². The van der Waals surface area contributed by atoms with E-state index in [-0.39, 0.29) is 4.45 Å². The molecule has 0 spiro atoms. The molecule has 0 fully saturated rings. The fourth-order valence-corrected chi connectivity index (χ4v) is 1.29. The van der Waals surface area contributed by atoms with Gasteiger partial charge in [-0.05, 0) is 18.6 Å². The highest BCUT2D eigenvalue weighted by Gasteiger charge is 1.89. The second-order valence-corrected chi connectivity index (χ2v) is 4.25. The van der Waals surface area contributed by atoms with Crippen LogP contribution in [0.4, 0.5) is 10.6 Å². The number of nitrogens with one attached hydrogen (secondary N) is 1. The lowest BCUT2D eigenvalue weighted by Crippen LogP contribution is -2.07. The number of carbonyl (C=O) groups excluding carboxylic acids is 1. The molecule has 0 bridgehead atoms. The molecule has 0 aliphatic carbocycles. The maximum absolute atomic E-state index is 10.0. The van der Waals surface area contributed by atoms with E-state index in [0.717, 1.165) is 12.2 Å². The van der Waals surface area contributed by atoms with E-state index in [1.54, 1.807) is 12.3 Å². The lowest BCUT2D eigenvalue weighted by Gasteiger charge is -1.92. The summed E-state index contributed by atoms with van der Waals surface area (Å²) in [6, 6.07) is 5.49. The molecule has 15 heavy (non-hydrogen) atoms. The van der Waals surface area contributed by atoms with Gasteiger partial charge in [-0.25, -0.2) is 10.8 Å². The Morgan fingerprint density at radius 3 is 2.67 bits per heavy atom. The number of hydrogen-bond donors (Lipinski definition) is 3. The minimum atomic E-state index is -0.0816. The zero-order valence-electron chi connectivity index (χ0n) is 8.51. The van der Waals surface area contributed by atoms with Crippen LogP contribution in [0.25, 0.3) is 0 Å². The fraction of sp³-hybridized carbons (Fsp3) is 0.333. The van der Waals surface area contributed by atoms with Gasteiger partial charge in [0.25, 0.3) is 0 Å². The number of hydrogen-bond acceptors (Lipinski definition) is 5. The van der Waals surface area contributed by atoms with Gasteiger partial charge in [0.05, 0.1) is 0 Å². The standard InChI is InChI=1S/C5H7N3.C4H8OS2/c6-8-5-3-1-2-4-7-5;1-2-3-7-4(5)6/h1-4H,6H2,(H,7,8);2-3H2,1H3,(H,5,6). The predicted molar refractivity (Wildman–Crippen MR) is 69.2 cm³/mol. The van der Waals surface area contributed by atoms with E-state index >= 15 is 0 Å². The normalized spacial score (nSPS) is 8.73. The van der Waals surface area contributed by atoms with Crippen LogP contribution in [-0.2, 0) is 0 Å². The molecule has 1 aromatic heterocycles. The highest BCUT2D eigenvalue weighted by Crippen LogP contribution is 2.06. The molecule has 0 radical (unpaired) electrons. The number of nitrogen functional groups attached to an aromatic ring is 1. The number of pyridine rings is 1. The van der Waals surface area contributed by atoms with Crippen molar-refractivity contribution in [2.24, 2.45) is 5.84 Å². The van der Waals surface area contributed by atoms with Gasteiger partial charge < -0.3 is 5.43 Å². The number of carbonyl (C=O) groups is 1. The van der Waals surface area contributed by atoms with Crippen molar-refractivity contribution in [1.29, 1.82) is 0 Å². The van der Waals surface area contributed by atoms with Crippen molar-refractivity contribution in [3.05, 3.63) is 24.4 Å². The summed E-state index contributed by atoms with van der Waals surface area (Å²) in [5.41, 5.74) is 2.42. The molecule has 1 heterocycles. The molecule has 0 aliphatic heterocycles. The molecule has 0 saturated heterocycles. The summed E-state index contributed by atoms with van der Waals surface area (Å²) in [4.78, 5) is 13.9. The van der Waals surface area contributed by atoms with Gasteiger partial charge in [-0.2, -0.15) is 0 Å². The highest BCUT2D eigenvalue weighted by molar-refractivity contribution is 8.32. The maximum atomic E-state index is 10.0. The Balaban J connectivity index is 0.000000265. The number of rotatable bonds is 3. The molecule has 4 nitrogen and oxygen atoms in total. The average Bonchev–Trinajstić information content (AvgIpc) is 2.28.